The Morgan fingerprint density at radius 3 is 2.75 bits per heavy atom. The van der Waals surface area contributed by atoms with Gasteiger partial charge in [0, 0.05) is 19.6 Å². The van der Waals surface area contributed by atoms with Gasteiger partial charge < -0.3 is 10.2 Å². The summed E-state index contributed by atoms with van der Waals surface area (Å²) in [6.07, 6.45) is 5.37. The first-order chi connectivity index (χ1) is 7.85. The van der Waals surface area contributed by atoms with Crippen molar-refractivity contribution < 1.29 is 0 Å². The molecule has 1 saturated carbocycles. The topological polar surface area (TPSA) is 28.2 Å². The first kappa shape index (κ1) is 11.2. The van der Waals surface area contributed by atoms with Crippen LogP contribution in [-0.2, 0) is 0 Å². The Morgan fingerprint density at radius 2 is 2.12 bits per heavy atom. The summed E-state index contributed by atoms with van der Waals surface area (Å²) in [6, 6.07) is 6.89. The molecule has 0 atom stereocenters. The molecule has 1 aromatic rings. The fraction of sp³-hybridized carbons (Fsp3) is 0.615. The predicted molar refractivity (Wildman–Crippen MR) is 69.1 cm³/mol. The van der Waals surface area contributed by atoms with Crippen LogP contribution in [0.2, 0.25) is 0 Å². The summed E-state index contributed by atoms with van der Waals surface area (Å²) < 4.78 is 0. The van der Waals surface area contributed by atoms with Gasteiger partial charge in [0.15, 0.2) is 0 Å². The Kier molecular flexibility index (Phi) is 3.65. The third-order valence-corrected chi connectivity index (χ3v) is 3.39. The fourth-order valence-electron chi connectivity index (χ4n) is 2.55. The maximum absolute atomic E-state index is 4.62. The maximum Gasteiger partial charge on any atom is 0.131 e. The molecule has 0 saturated heterocycles. The number of pyridine rings is 1. The second-order valence-corrected chi connectivity index (χ2v) is 4.36. The first-order valence-electron chi connectivity index (χ1n) is 6.26. The van der Waals surface area contributed by atoms with Gasteiger partial charge in [-0.3, -0.25) is 0 Å². The Balaban J connectivity index is 2.18. The minimum atomic E-state index is 0.699. The third-order valence-electron chi connectivity index (χ3n) is 3.39. The molecule has 1 aliphatic rings. The molecule has 0 amide bonds. The van der Waals surface area contributed by atoms with Gasteiger partial charge in [0.25, 0.3) is 0 Å². The van der Waals surface area contributed by atoms with E-state index in [2.05, 4.69) is 34.3 Å². The molecule has 0 unspecified atom stereocenters. The van der Waals surface area contributed by atoms with Crippen LogP contribution >= 0.6 is 0 Å². The highest BCUT2D eigenvalue weighted by Gasteiger charge is 2.22. The van der Waals surface area contributed by atoms with E-state index in [0.29, 0.717) is 6.04 Å². The molecule has 1 aliphatic carbocycles. The summed E-state index contributed by atoms with van der Waals surface area (Å²) in [6.45, 7) is 3.26. The van der Waals surface area contributed by atoms with Gasteiger partial charge in [0.05, 0.1) is 0 Å². The van der Waals surface area contributed by atoms with E-state index in [-0.39, 0.29) is 0 Å². The van der Waals surface area contributed by atoms with Crippen LogP contribution in [0.1, 0.15) is 32.6 Å². The van der Waals surface area contributed by atoms with E-state index in [1.165, 1.54) is 25.7 Å². The van der Waals surface area contributed by atoms with Crippen LogP contribution in [0.3, 0.4) is 0 Å². The highest BCUT2D eigenvalue weighted by atomic mass is 15.2. The molecule has 0 spiro atoms. The summed E-state index contributed by atoms with van der Waals surface area (Å²) in [5, 5.41) is 3.10. The van der Waals surface area contributed by atoms with Crippen molar-refractivity contribution >= 4 is 11.6 Å². The molecule has 1 aromatic heterocycles. The molecule has 0 aromatic carbocycles. The standard InChI is InChI=1S/C13H21N3/c1-3-16(11-7-4-5-8-11)13-10-6-9-12(14-2)15-13/h6,9-11H,3-5,7-8H2,1-2H3,(H,14,15). The highest BCUT2D eigenvalue weighted by Crippen LogP contribution is 2.27. The first-order valence-corrected chi connectivity index (χ1v) is 6.26. The van der Waals surface area contributed by atoms with E-state index in [1.807, 2.05) is 13.1 Å². The zero-order valence-electron chi connectivity index (χ0n) is 10.2. The number of hydrogen-bond donors (Lipinski definition) is 1. The van der Waals surface area contributed by atoms with Gasteiger partial charge in [-0.15, -0.1) is 0 Å². The number of nitrogens with one attached hydrogen (secondary N) is 1. The van der Waals surface area contributed by atoms with Gasteiger partial charge in [-0.25, -0.2) is 4.98 Å². The molecular weight excluding hydrogens is 198 g/mol. The van der Waals surface area contributed by atoms with Crippen molar-refractivity contribution in [1.82, 2.24) is 4.98 Å². The SMILES string of the molecule is CCN(c1cccc(NC)n1)C1CCCC1. The lowest BCUT2D eigenvalue weighted by molar-refractivity contribution is 0.613. The van der Waals surface area contributed by atoms with E-state index in [9.17, 15) is 0 Å². The monoisotopic (exact) mass is 219 g/mol. The normalized spacial score (nSPS) is 16.4. The van der Waals surface area contributed by atoms with Crippen molar-refractivity contribution in [2.24, 2.45) is 0 Å². The lowest BCUT2D eigenvalue weighted by atomic mass is 10.2. The van der Waals surface area contributed by atoms with Crippen LogP contribution in [0.5, 0.6) is 0 Å². The average Bonchev–Trinajstić information content (AvgIpc) is 2.84. The van der Waals surface area contributed by atoms with E-state index in [0.717, 1.165) is 18.2 Å². The molecular formula is C13H21N3. The Morgan fingerprint density at radius 1 is 1.38 bits per heavy atom. The quantitative estimate of drug-likeness (QED) is 0.844. The molecule has 16 heavy (non-hydrogen) atoms. The van der Waals surface area contributed by atoms with Crippen LogP contribution < -0.4 is 10.2 Å². The third kappa shape index (κ3) is 2.29. The van der Waals surface area contributed by atoms with Gasteiger partial charge in [0.1, 0.15) is 11.6 Å². The van der Waals surface area contributed by atoms with Crippen LogP contribution in [0.4, 0.5) is 11.6 Å². The Labute approximate surface area is 97.9 Å². The van der Waals surface area contributed by atoms with Gasteiger partial charge in [0.2, 0.25) is 0 Å². The minimum Gasteiger partial charge on any atom is -0.373 e. The van der Waals surface area contributed by atoms with Crippen molar-refractivity contribution in [2.45, 2.75) is 38.6 Å². The van der Waals surface area contributed by atoms with Crippen molar-refractivity contribution in [3.05, 3.63) is 18.2 Å². The lowest BCUT2D eigenvalue weighted by Crippen LogP contribution is -2.33. The largest absolute Gasteiger partial charge is 0.373 e. The van der Waals surface area contributed by atoms with Gasteiger partial charge in [-0.05, 0) is 31.9 Å². The molecule has 1 fully saturated rings. The second-order valence-electron chi connectivity index (χ2n) is 4.36. The highest BCUT2D eigenvalue weighted by molar-refractivity contribution is 5.47. The molecule has 0 aliphatic heterocycles. The van der Waals surface area contributed by atoms with E-state index >= 15 is 0 Å². The van der Waals surface area contributed by atoms with Crippen molar-refractivity contribution in [3.8, 4) is 0 Å². The molecule has 0 radical (unpaired) electrons. The number of aromatic nitrogens is 1. The van der Waals surface area contributed by atoms with Crippen LogP contribution in [0.25, 0.3) is 0 Å². The summed E-state index contributed by atoms with van der Waals surface area (Å²) in [7, 11) is 1.91. The zero-order valence-corrected chi connectivity index (χ0v) is 10.2. The van der Waals surface area contributed by atoms with Crippen LogP contribution in [0, 0.1) is 0 Å². The molecule has 0 bridgehead atoms. The number of anilines is 2. The van der Waals surface area contributed by atoms with Gasteiger partial charge in [-0.2, -0.15) is 0 Å². The van der Waals surface area contributed by atoms with Gasteiger partial charge >= 0.3 is 0 Å². The molecule has 3 heteroatoms. The fourth-order valence-corrected chi connectivity index (χ4v) is 2.55. The summed E-state index contributed by atoms with van der Waals surface area (Å²) in [4.78, 5) is 7.06. The molecule has 3 nitrogen and oxygen atoms in total. The second kappa shape index (κ2) is 5.19. The number of hydrogen-bond acceptors (Lipinski definition) is 3. The Bertz CT molecular complexity index is 332. The lowest BCUT2D eigenvalue weighted by Gasteiger charge is -2.29. The molecule has 88 valence electrons. The maximum atomic E-state index is 4.62. The smallest absolute Gasteiger partial charge is 0.131 e. The van der Waals surface area contributed by atoms with Crippen LogP contribution in [-0.4, -0.2) is 24.6 Å². The van der Waals surface area contributed by atoms with Crippen molar-refractivity contribution in [2.75, 3.05) is 23.8 Å². The van der Waals surface area contributed by atoms with E-state index in [4.69, 9.17) is 0 Å². The summed E-state index contributed by atoms with van der Waals surface area (Å²) >= 11 is 0. The number of nitrogens with zero attached hydrogens (tertiary/aromatic N) is 2. The summed E-state index contributed by atoms with van der Waals surface area (Å²) in [5.41, 5.74) is 0. The van der Waals surface area contributed by atoms with E-state index in [1.54, 1.807) is 0 Å². The zero-order chi connectivity index (χ0) is 11.4. The molecule has 1 N–H and O–H groups in total. The van der Waals surface area contributed by atoms with Crippen molar-refractivity contribution in [3.63, 3.8) is 0 Å². The van der Waals surface area contributed by atoms with Gasteiger partial charge in [-0.1, -0.05) is 18.9 Å². The molecule has 1 heterocycles. The minimum absolute atomic E-state index is 0.699. The van der Waals surface area contributed by atoms with Crippen molar-refractivity contribution in [1.29, 1.82) is 0 Å². The molecule has 2 rings (SSSR count). The van der Waals surface area contributed by atoms with Crippen LogP contribution in [0.15, 0.2) is 18.2 Å². The number of rotatable bonds is 4. The Hall–Kier alpha value is -1.25. The van der Waals surface area contributed by atoms with E-state index < -0.39 is 0 Å². The summed E-state index contributed by atoms with van der Waals surface area (Å²) in [5.74, 6) is 2.06. The average molecular weight is 219 g/mol. The predicted octanol–water partition coefficient (Wildman–Crippen LogP) is 2.89.